The molecule has 1 rings (SSSR count). The Kier molecular flexibility index (Phi) is 5.19. The standard InChI is InChI=1S/C12H18N2OS/c1-2-3-4-8-14-11-9(12(13)15)6-5-7-10(11)16/h5-7,14,16H,2-4,8H2,1H3,(H2,13,15). The van der Waals surface area contributed by atoms with Gasteiger partial charge in [-0.15, -0.1) is 12.6 Å². The van der Waals surface area contributed by atoms with Crippen molar-refractivity contribution in [2.24, 2.45) is 5.73 Å². The van der Waals surface area contributed by atoms with Gasteiger partial charge in [0.2, 0.25) is 0 Å². The van der Waals surface area contributed by atoms with Crippen LogP contribution in [0.2, 0.25) is 0 Å². The third-order valence-corrected chi connectivity index (χ3v) is 2.76. The molecule has 0 spiro atoms. The first-order valence-corrected chi connectivity index (χ1v) is 5.97. The van der Waals surface area contributed by atoms with Crippen molar-refractivity contribution < 1.29 is 4.79 Å². The lowest BCUT2D eigenvalue weighted by molar-refractivity contribution is 0.100. The minimum absolute atomic E-state index is 0.422. The normalized spacial score (nSPS) is 10.1. The van der Waals surface area contributed by atoms with E-state index in [0.29, 0.717) is 5.56 Å². The van der Waals surface area contributed by atoms with Crippen molar-refractivity contribution in [3.05, 3.63) is 23.8 Å². The third kappa shape index (κ3) is 3.45. The van der Waals surface area contributed by atoms with Gasteiger partial charge in [-0.3, -0.25) is 4.79 Å². The number of hydrogen-bond donors (Lipinski definition) is 3. The van der Waals surface area contributed by atoms with Crippen LogP contribution in [0.15, 0.2) is 23.1 Å². The van der Waals surface area contributed by atoms with Crippen molar-refractivity contribution in [2.75, 3.05) is 11.9 Å². The summed E-state index contributed by atoms with van der Waals surface area (Å²) in [6.45, 7) is 2.99. The Morgan fingerprint density at radius 3 is 2.81 bits per heavy atom. The second-order valence-electron chi connectivity index (χ2n) is 3.70. The molecule has 1 amide bonds. The molecule has 1 aromatic rings. The number of nitrogens with two attached hydrogens (primary N) is 1. The number of unbranched alkanes of at least 4 members (excludes halogenated alkanes) is 2. The van der Waals surface area contributed by atoms with E-state index in [2.05, 4.69) is 24.9 Å². The van der Waals surface area contributed by atoms with Crippen LogP contribution in [-0.4, -0.2) is 12.5 Å². The Labute approximate surface area is 102 Å². The Morgan fingerprint density at radius 1 is 1.44 bits per heavy atom. The van der Waals surface area contributed by atoms with Gasteiger partial charge in [0, 0.05) is 11.4 Å². The van der Waals surface area contributed by atoms with Gasteiger partial charge in [-0.2, -0.15) is 0 Å². The van der Waals surface area contributed by atoms with Crippen molar-refractivity contribution in [1.82, 2.24) is 0 Å². The minimum Gasteiger partial charge on any atom is -0.383 e. The van der Waals surface area contributed by atoms with Crippen molar-refractivity contribution in [1.29, 1.82) is 0 Å². The number of thiol groups is 1. The Bertz CT molecular complexity index is 366. The molecule has 0 heterocycles. The Hall–Kier alpha value is -1.16. The second kappa shape index (κ2) is 6.43. The van der Waals surface area contributed by atoms with Crippen molar-refractivity contribution in [3.8, 4) is 0 Å². The van der Waals surface area contributed by atoms with Crippen LogP contribution in [0.4, 0.5) is 5.69 Å². The maximum absolute atomic E-state index is 11.2. The SMILES string of the molecule is CCCCCNc1c(S)cccc1C(N)=O. The molecule has 0 aliphatic carbocycles. The van der Waals surface area contributed by atoms with E-state index in [1.807, 2.05) is 6.07 Å². The number of amides is 1. The van der Waals surface area contributed by atoms with E-state index in [0.717, 1.165) is 23.5 Å². The maximum Gasteiger partial charge on any atom is 0.250 e. The third-order valence-electron chi connectivity index (χ3n) is 2.39. The lowest BCUT2D eigenvalue weighted by Crippen LogP contribution is -2.15. The number of carbonyl (C=O) groups excluding carboxylic acids is 1. The van der Waals surface area contributed by atoms with Gasteiger partial charge in [0.15, 0.2) is 0 Å². The zero-order valence-corrected chi connectivity index (χ0v) is 10.4. The van der Waals surface area contributed by atoms with Crippen LogP contribution in [0.3, 0.4) is 0 Å². The van der Waals surface area contributed by atoms with Gasteiger partial charge >= 0.3 is 0 Å². The molecule has 0 aliphatic heterocycles. The Balaban J connectivity index is 2.73. The highest BCUT2D eigenvalue weighted by Crippen LogP contribution is 2.24. The van der Waals surface area contributed by atoms with Crippen LogP contribution in [-0.2, 0) is 0 Å². The molecule has 3 nitrogen and oxygen atoms in total. The predicted octanol–water partition coefficient (Wildman–Crippen LogP) is 2.68. The topological polar surface area (TPSA) is 55.1 Å². The number of hydrogen-bond acceptors (Lipinski definition) is 3. The molecule has 0 aliphatic rings. The number of rotatable bonds is 6. The number of nitrogens with one attached hydrogen (secondary N) is 1. The maximum atomic E-state index is 11.2. The highest BCUT2D eigenvalue weighted by Gasteiger charge is 2.09. The van der Waals surface area contributed by atoms with Gasteiger partial charge in [0.25, 0.3) is 5.91 Å². The van der Waals surface area contributed by atoms with E-state index in [1.165, 1.54) is 12.8 Å². The molecule has 0 unspecified atom stereocenters. The van der Waals surface area contributed by atoms with E-state index < -0.39 is 5.91 Å². The van der Waals surface area contributed by atoms with E-state index in [9.17, 15) is 4.79 Å². The van der Waals surface area contributed by atoms with Gasteiger partial charge in [-0.25, -0.2) is 0 Å². The fourth-order valence-electron chi connectivity index (χ4n) is 1.52. The van der Waals surface area contributed by atoms with Crippen LogP contribution >= 0.6 is 12.6 Å². The first-order valence-electron chi connectivity index (χ1n) is 5.52. The predicted molar refractivity (Wildman–Crippen MR) is 70.2 cm³/mol. The average Bonchev–Trinajstić information content (AvgIpc) is 2.25. The molecule has 3 N–H and O–H groups in total. The van der Waals surface area contributed by atoms with Gasteiger partial charge in [-0.1, -0.05) is 25.8 Å². The molecule has 0 saturated heterocycles. The smallest absolute Gasteiger partial charge is 0.250 e. The van der Waals surface area contributed by atoms with E-state index >= 15 is 0 Å². The molecule has 16 heavy (non-hydrogen) atoms. The summed E-state index contributed by atoms with van der Waals surface area (Å²) < 4.78 is 0. The molecule has 0 atom stereocenters. The molecule has 0 aromatic heterocycles. The summed E-state index contributed by atoms with van der Waals surface area (Å²) in [4.78, 5) is 12.0. The van der Waals surface area contributed by atoms with Crippen molar-refractivity contribution in [3.63, 3.8) is 0 Å². The van der Waals surface area contributed by atoms with Crippen LogP contribution < -0.4 is 11.1 Å². The number of anilines is 1. The highest BCUT2D eigenvalue weighted by atomic mass is 32.1. The van der Waals surface area contributed by atoms with Crippen molar-refractivity contribution in [2.45, 2.75) is 31.1 Å². The largest absolute Gasteiger partial charge is 0.383 e. The van der Waals surface area contributed by atoms with Gasteiger partial charge in [-0.05, 0) is 18.6 Å². The van der Waals surface area contributed by atoms with E-state index in [1.54, 1.807) is 12.1 Å². The lowest BCUT2D eigenvalue weighted by atomic mass is 10.1. The lowest BCUT2D eigenvalue weighted by Gasteiger charge is -2.12. The molecule has 0 radical (unpaired) electrons. The number of para-hydroxylation sites is 1. The summed E-state index contributed by atoms with van der Waals surface area (Å²) in [6.07, 6.45) is 3.43. The van der Waals surface area contributed by atoms with Gasteiger partial charge in [0.1, 0.15) is 0 Å². The molecular weight excluding hydrogens is 220 g/mol. The van der Waals surface area contributed by atoms with Gasteiger partial charge < -0.3 is 11.1 Å². The highest BCUT2D eigenvalue weighted by molar-refractivity contribution is 7.80. The first-order chi connectivity index (χ1) is 7.66. The molecular formula is C12H18N2OS. The zero-order valence-electron chi connectivity index (χ0n) is 9.49. The summed E-state index contributed by atoms with van der Waals surface area (Å²) in [6, 6.07) is 5.33. The van der Waals surface area contributed by atoms with E-state index in [4.69, 9.17) is 5.73 Å². The molecule has 0 fully saturated rings. The number of primary amides is 1. The summed E-state index contributed by atoms with van der Waals surface area (Å²) in [5.74, 6) is -0.422. The van der Waals surface area contributed by atoms with Crippen molar-refractivity contribution >= 4 is 24.2 Å². The number of benzene rings is 1. The molecule has 0 bridgehead atoms. The molecule has 88 valence electrons. The van der Waals surface area contributed by atoms with Crippen LogP contribution in [0.1, 0.15) is 36.5 Å². The fraction of sp³-hybridized carbons (Fsp3) is 0.417. The molecule has 4 heteroatoms. The van der Waals surface area contributed by atoms with E-state index in [-0.39, 0.29) is 0 Å². The van der Waals surface area contributed by atoms with Gasteiger partial charge in [0.05, 0.1) is 11.3 Å². The van der Waals surface area contributed by atoms with Crippen LogP contribution in [0, 0.1) is 0 Å². The quantitative estimate of drug-likeness (QED) is 0.527. The second-order valence-corrected chi connectivity index (χ2v) is 4.18. The van der Waals surface area contributed by atoms with Crippen LogP contribution in [0.5, 0.6) is 0 Å². The summed E-state index contributed by atoms with van der Waals surface area (Å²) >= 11 is 4.32. The molecule has 0 saturated carbocycles. The fourth-order valence-corrected chi connectivity index (χ4v) is 1.81. The molecule has 1 aromatic carbocycles. The van der Waals surface area contributed by atoms with Crippen LogP contribution in [0.25, 0.3) is 0 Å². The summed E-state index contributed by atoms with van der Waals surface area (Å²) in [7, 11) is 0. The number of carbonyl (C=O) groups is 1. The summed E-state index contributed by atoms with van der Waals surface area (Å²) in [5.41, 5.74) is 6.55. The summed E-state index contributed by atoms with van der Waals surface area (Å²) in [5, 5.41) is 3.22. The monoisotopic (exact) mass is 238 g/mol. The average molecular weight is 238 g/mol. The Morgan fingerprint density at radius 2 is 2.19 bits per heavy atom. The zero-order chi connectivity index (χ0) is 12.0. The minimum atomic E-state index is -0.422. The first kappa shape index (κ1) is 12.9.